The summed E-state index contributed by atoms with van der Waals surface area (Å²) >= 11 is 0.693. The minimum Gasteiger partial charge on any atom is -0.493 e. The molecule has 0 radical (unpaired) electrons. The predicted octanol–water partition coefficient (Wildman–Crippen LogP) is 3.89. The monoisotopic (exact) mass is 581 g/mol. The van der Waals surface area contributed by atoms with Gasteiger partial charge in [0.15, 0.2) is 11.5 Å². The number of carbonyl (C=O) groups excluding carboxylic acids is 2. The van der Waals surface area contributed by atoms with Crippen molar-refractivity contribution in [3.63, 3.8) is 0 Å². The maximum absolute atomic E-state index is 13.0. The van der Waals surface area contributed by atoms with E-state index in [2.05, 4.69) is 25.6 Å². The van der Waals surface area contributed by atoms with Crippen LogP contribution < -0.4 is 24.8 Å². The van der Waals surface area contributed by atoms with Crippen LogP contribution in [0.4, 0.5) is 10.8 Å². The van der Waals surface area contributed by atoms with Gasteiger partial charge in [-0.15, -0.1) is 10.2 Å². The minimum absolute atomic E-state index is 0.0214. The molecule has 11 nitrogen and oxygen atoms in total. The van der Waals surface area contributed by atoms with E-state index in [4.69, 9.17) is 9.47 Å². The maximum Gasteiger partial charge on any atom is 0.291 e. The van der Waals surface area contributed by atoms with Crippen LogP contribution >= 0.6 is 11.3 Å². The van der Waals surface area contributed by atoms with Gasteiger partial charge in [-0.05, 0) is 55.3 Å². The number of rotatable bonds is 11. The highest BCUT2D eigenvalue weighted by Crippen LogP contribution is 2.28. The summed E-state index contributed by atoms with van der Waals surface area (Å²) < 4.78 is 38.7. The molecule has 1 aromatic heterocycles. The zero-order chi connectivity index (χ0) is 28.7. The van der Waals surface area contributed by atoms with Gasteiger partial charge < -0.3 is 14.8 Å². The minimum atomic E-state index is -4.20. The lowest BCUT2D eigenvalue weighted by molar-refractivity contribution is 0.0954. The first-order valence-corrected chi connectivity index (χ1v) is 14.3. The number of aryl methyl sites for hydroxylation is 1. The van der Waals surface area contributed by atoms with Crippen LogP contribution in [-0.4, -0.2) is 51.2 Å². The normalized spacial score (nSPS) is 11.0. The molecule has 2 amide bonds. The topological polar surface area (TPSA) is 149 Å². The number of carbonyl (C=O) groups is 2. The maximum atomic E-state index is 13.0. The van der Waals surface area contributed by atoms with Gasteiger partial charge in [-0.1, -0.05) is 47.2 Å². The highest BCUT2D eigenvalue weighted by Gasteiger charge is 2.23. The zero-order valence-electron chi connectivity index (χ0n) is 21.9. The van der Waals surface area contributed by atoms with Gasteiger partial charge in [0.25, 0.3) is 26.2 Å². The second kappa shape index (κ2) is 12.6. The lowest BCUT2D eigenvalue weighted by Crippen LogP contribution is -2.27. The lowest BCUT2D eigenvalue weighted by Gasteiger charge is -2.12. The van der Waals surface area contributed by atoms with Crippen LogP contribution in [0, 0.1) is 6.92 Å². The molecule has 1 heterocycles. The SMILES string of the molecule is COc1ccc(CCNC(=O)c2ccccc2NS(=O)(=O)c2nnc(NC(=O)c3cccc(C)c3)s2)cc1OC. The van der Waals surface area contributed by atoms with E-state index in [1.54, 1.807) is 50.6 Å². The van der Waals surface area contributed by atoms with E-state index in [9.17, 15) is 18.0 Å². The van der Waals surface area contributed by atoms with Crippen LogP contribution in [0.3, 0.4) is 0 Å². The van der Waals surface area contributed by atoms with Crippen molar-refractivity contribution in [1.82, 2.24) is 15.5 Å². The van der Waals surface area contributed by atoms with Crippen molar-refractivity contribution in [3.8, 4) is 11.5 Å². The Morgan fingerprint density at radius 3 is 2.42 bits per heavy atom. The van der Waals surface area contributed by atoms with Gasteiger partial charge >= 0.3 is 0 Å². The van der Waals surface area contributed by atoms with Crippen molar-refractivity contribution < 1.29 is 27.5 Å². The number of anilines is 2. The third kappa shape index (κ3) is 6.93. The second-order valence-corrected chi connectivity index (χ2v) is 11.4. The molecule has 4 rings (SSSR count). The third-order valence-corrected chi connectivity index (χ3v) is 8.27. The Labute approximate surface area is 235 Å². The van der Waals surface area contributed by atoms with E-state index >= 15 is 0 Å². The number of aromatic nitrogens is 2. The van der Waals surface area contributed by atoms with E-state index in [1.807, 2.05) is 25.1 Å². The number of methoxy groups -OCH3 is 2. The van der Waals surface area contributed by atoms with Crippen LogP contribution in [0.2, 0.25) is 0 Å². The molecule has 0 aliphatic carbocycles. The molecule has 40 heavy (non-hydrogen) atoms. The molecular formula is C27H27N5O6S2. The fourth-order valence-electron chi connectivity index (χ4n) is 3.73. The average Bonchev–Trinajstić information content (AvgIpc) is 3.42. The van der Waals surface area contributed by atoms with Gasteiger partial charge in [0.2, 0.25) is 5.13 Å². The predicted molar refractivity (Wildman–Crippen MR) is 152 cm³/mol. The summed E-state index contributed by atoms with van der Waals surface area (Å²) in [6.45, 7) is 2.16. The number of hydrogen-bond donors (Lipinski definition) is 3. The highest BCUT2D eigenvalue weighted by atomic mass is 32.2. The number of hydrogen-bond acceptors (Lipinski definition) is 9. The first kappa shape index (κ1) is 28.5. The molecule has 0 saturated carbocycles. The van der Waals surface area contributed by atoms with Crippen LogP contribution in [0.5, 0.6) is 11.5 Å². The standard InChI is InChI=1S/C27H27N5O6S2/c1-17-7-6-8-19(15-17)24(33)29-26-30-31-27(39-26)40(35,36)32-21-10-5-4-9-20(21)25(34)28-14-13-18-11-12-22(37-2)23(16-18)38-3/h4-12,15-16,32H,13-14H2,1-3H3,(H,28,34)(H,29,30,33). The van der Waals surface area contributed by atoms with E-state index in [1.165, 1.54) is 12.1 Å². The Morgan fingerprint density at radius 2 is 1.68 bits per heavy atom. The molecule has 4 aromatic rings. The molecule has 3 N–H and O–H groups in total. The Morgan fingerprint density at radius 1 is 0.900 bits per heavy atom. The first-order chi connectivity index (χ1) is 19.2. The summed E-state index contributed by atoms with van der Waals surface area (Å²) in [6.07, 6.45) is 0.516. The number of sulfonamides is 1. The molecular weight excluding hydrogens is 554 g/mol. The van der Waals surface area contributed by atoms with Crippen LogP contribution in [-0.2, 0) is 16.4 Å². The van der Waals surface area contributed by atoms with Gasteiger partial charge in [-0.2, -0.15) is 8.42 Å². The van der Waals surface area contributed by atoms with Crippen molar-refractivity contribution in [2.24, 2.45) is 0 Å². The Balaban J connectivity index is 1.41. The van der Waals surface area contributed by atoms with Gasteiger partial charge in [-0.3, -0.25) is 19.6 Å². The van der Waals surface area contributed by atoms with Gasteiger partial charge in [-0.25, -0.2) is 0 Å². The molecule has 0 atom stereocenters. The van der Waals surface area contributed by atoms with Crippen LogP contribution in [0.15, 0.2) is 71.1 Å². The largest absolute Gasteiger partial charge is 0.493 e. The molecule has 0 fully saturated rings. The molecule has 208 valence electrons. The Hall–Kier alpha value is -4.49. The summed E-state index contributed by atoms with van der Waals surface area (Å²) in [6, 6.07) is 18.6. The highest BCUT2D eigenvalue weighted by molar-refractivity contribution is 7.94. The first-order valence-electron chi connectivity index (χ1n) is 12.0. The van der Waals surface area contributed by atoms with Crippen molar-refractivity contribution in [3.05, 3.63) is 89.0 Å². The number of ether oxygens (including phenoxy) is 2. The molecule has 0 spiro atoms. The summed E-state index contributed by atoms with van der Waals surface area (Å²) in [5.74, 6) is 0.294. The summed E-state index contributed by atoms with van der Waals surface area (Å²) in [4.78, 5) is 25.4. The van der Waals surface area contributed by atoms with E-state index in [0.29, 0.717) is 41.4 Å². The Bertz CT molecular complexity index is 1640. The second-order valence-electron chi connectivity index (χ2n) is 8.54. The van der Waals surface area contributed by atoms with Gasteiger partial charge in [0, 0.05) is 12.1 Å². The molecule has 0 saturated heterocycles. The number of nitrogens with one attached hydrogen (secondary N) is 3. The van der Waals surface area contributed by atoms with Crippen LogP contribution in [0.1, 0.15) is 31.8 Å². The number of benzene rings is 3. The average molecular weight is 582 g/mol. The van der Waals surface area contributed by atoms with Gasteiger partial charge in [0.1, 0.15) is 0 Å². The van der Waals surface area contributed by atoms with Crippen molar-refractivity contribution in [2.75, 3.05) is 30.8 Å². The number of para-hydroxylation sites is 1. The van der Waals surface area contributed by atoms with Crippen molar-refractivity contribution in [2.45, 2.75) is 17.7 Å². The molecule has 0 aliphatic heterocycles. The van der Waals surface area contributed by atoms with Crippen molar-refractivity contribution >= 4 is 44.0 Å². The smallest absolute Gasteiger partial charge is 0.291 e. The third-order valence-electron chi connectivity index (χ3n) is 5.70. The number of nitrogens with zero attached hydrogens (tertiary/aromatic N) is 2. The molecule has 0 bridgehead atoms. The fraction of sp³-hybridized carbons (Fsp3) is 0.185. The molecule has 3 aromatic carbocycles. The fourth-order valence-corrected chi connectivity index (χ4v) is 5.71. The van der Waals surface area contributed by atoms with Gasteiger partial charge in [0.05, 0.1) is 25.5 Å². The summed E-state index contributed by atoms with van der Waals surface area (Å²) in [5.41, 5.74) is 2.45. The molecule has 13 heteroatoms. The summed E-state index contributed by atoms with van der Waals surface area (Å²) in [7, 11) is -1.10. The summed E-state index contributed by atoms with van der Waals surface area (Å²) in [5, 5.41) is 12.9. The van der Waals surface area contributed by atoms with E-state index in [0.717, 1.165) is 11.1 Å². The van der Waals surface area contributed by atoms with Crippen LogP contribution in [0.25, 0.3) is 0 Å². The Kier molecular flexibility index (Phi) is 8.97. The lowest BCUT2D eigenvalue weighted by atomic mass is 10.1. The van der Waals surface area contributed by atoms with Crippen molar-refractivity contribution in [1.29, 1.82) is 0 Å². The quantitative estimate of drug-likeness (QED) is 0.226. The number of amides is 2. The van der Waals surface area contributed by atoms with E-state index in [-0.39, 0.29) is 20.7 Å². The molecule has 0 aliphatic rings. The zero-order valence-corrected chi connectivity index (χ0v) is 23.6. The molecule has 0 unspecified atom stereocenters. The van der Waals surface area contributed by atoms with E-state index < -0.39 is 21.8 Å².